The van der Waals surface area contributed by atoms with Crippen molar-refractivity contribution in [3.8, 4) is 0 Å². The second-order valence-electron chi connectivity index (χ2n) is 23.6. The Balaban J connectivity index is 1.46. The molecule has 476 valence electrons. The summed E-state index contributed by atoms with van der Waals surface area (Å²) in [6.45, 7) is 19.6. The van der Waals surface area contributed by atoms with Crippen molar-refractivity contribution in [1.82, 2.24) is 46.3 Å². The minimum atomic E-state index is -1.12. The normalized spacial score (nSPS) is 18.0. The van der Waals surface area contributed by atoms with Crippen molar-refractivity contribution in [3.05, 3.63) is 58.1 Å². The summed E-state index contributed by atoms with van der Waals surface area (Å²) in [5.74, 6) is -6.23. The van der Waals surface area contributed by atoms with Gasteiger partial charge in [0.2, 0.25) is 29.5 Å². The third kappa shape index (κ3) is 22.2. The first kappa shape index (κ1) is 71.2. The number of aliphatic carboxylic acids is 1. The van der Waals surface area contributed by atoms with E-state index in [1.807, 2.05) is 46.6 Å². The number of nitrogens with one attached hydrogen (secondary N) is 6. The predicted octanol–water partition coefficient (Wildman–Crippen LogP) is 5.22. The fourth-order valence-corrected chi connectivity index (χ4v) is 11.4. The number of primary amides is 1. The van der Waals surface area contributed by atoms with Gasteiger partial charge in [-0.3, -0.25) is 57.7 Å². The summed E-state index contributed by atoms with van der Waals surface area (Å²) in [6.07, 6.45) is 6.04. The molecule has 9 N–H and O–H groups in total. The van der Waals surface area contributed by atoms with E-state index in [2.05, 4.69) is 43.8 Å². The Kier molecular flexibility index (Phi) is 28.8. The first-order valence-electron chi connectivity index (χ1n) is 30.2. The van der Waals surface area contributed by atoms with Crippen molar-refractivity contribution in [2.24, 2.45) is 35.3 Å². The zero-order valence-electron chi connectivity index (χ0n) is 51.9. The molecule has 0 spiro atoms. The van der Waals surface area contributed by atoms with Crippen molar-refractivity contribution in [2.75, 3.05) is 38.5 Å². The fraction of sp³-hybridized carbons (Fsp3) is 0.639. The Bertz CT molecular complexity index is 2680. The number of hydrogen-bond acceptors (Lipinski definition) is 15. The molecule has 25 heteroatoms. The number of ether oxygens (including phenoxy) is 1. The van der Waals surface area contributed by atoms with Gasteiger partial charge in [0.25, 0.3) is 17.7 Å². The number of likely N-dealkylation sites (N-methyl/N-ethyl adjacent to an activating group) is 2. The number of unbranched alkanes of at least 4 members (excludes halogenated alkanes) is 2. The van der Waals surface area contributed by atoms with Gasteiger partial charge in [0, 0.05) is 74.7 Å². The number of carbonyl (C=O) groups is 11. The van der Waals surface area contributed by atoms with Gasteiger partial charge in [-0.1, -0.05) is 80.4 Å². The van der Waals surface area contributed by atoms with Crippen LogP contribution < -0.4 is 37.6 Å². The van der Waals surface area contributed by atoms with Crippen LogP contribution in [0.2, 0.25) is 0 Å². The van der Waals surface area contributed by atoms with Gasteiger partial charge >= 0.3 is 18.0 Å². The summed E-state index contributed by atoms with van der Waals surface area (Å²) in [5, 5.41) is 28.7. The van der Waals surface area contributed by atoms with Crippen LogP contribution in [0.5, 0.6) is 0 Å². The molecule has 0 bridgehead atoms. The van der Waals surface area contributed by atoms with Crippen LogP contribution in [-0.2, 0) is 54.3 Å². The molecule has 1 aromatic heterocycles. The lowest BCUT2D eigenvalue weighted by Crippen LogP contribution is -2.59. The molecule has 3 heterocycles. The minimum Gasteiger partial charge on any atom is -0.481 e. The smallest absolute Gasteiger partial charge is 0.312 e. The highest BCUT2D eigenvalue weighted by atomic mass is 32.1. The first-order valence-corrected chi connectivity index (χ1v) is 31.1. The minimum absolute atomic E-state index is 0.00577. The molecule has 86 heavy (non-hydrogen) atoms. The van der Waals surface area contributed by atoms with Gasteiger partial charge in [-0.25, -0.2) is 9.78 Å². The number of benzene rings is 1. The standard InChI is InChI=1S/C61H93N11O13S/c1-12-38(8)53(69-56(79)47-30-37(7)26-29-70(47)11)59(81)71(13-2)46(35(3)4)33-48(85-40(10)73)58-67-45(34-86-58)55(78)65-43(31-39(9)60(82)83)32-41-20-22-42(23-21-41)64-54(77)44(18-17-27-63-61(62)84)66-57(80)52(36(5)6)68-49(74)19-15-14-16-28-72-50(75)24-25-51(72)76/h20-25,34-39,43-44,46-48,52-53H,12-19,26-33H2,1-11H3,(H,64,77)(H,65,78)(H,66,80)(H,68,74)(H,69,79)(H,82,83)(H3,62,63,84)/t37-,38+,39+,43-,44?,46-,47-,48-,52?,53+/m1/s1. The topological polar surface area (TPSA) is 338 Å². The molecule has 10 amide bonds. The highest BCUT2D eigenvalue weighted by molar-refractivity contribution is 7.09. The molecule has 0 aliphatic carbocycles. The Labute approximate surface area is 509 Å². The third-order valence-electron chi connectivity index (χ3n) is 16.0. The molecular formula is C61H93N11O13S. The molecule has 24 nitrogen and oxygen atoms in total. The molecule has 2 aromatic rings. The largest absolute Gasteiger partial charge is 0.481 e. The van der Waals surface area contributed by atoms with Crippen molar-refractivity contribution < 1.29 is 62.6 Å². The molecule has 10 atom stereocenters. The summed E-state index contributed by atoms with van der Waals surface area (Å²) < 4.78 is 5.88. The van der Waals surface area contributed by atoms with Gasteiger partial charge in [0.15, 0.2) is 6.10 Å². The van der Waals surface area contributed by atoms with Crippen LogP contribution in [0, 0.1) is 29.6 Å². The summed E-state index contributed by atoms with van der Waals surface area (Å²) in [5.41, 5.74) is 6.27. The lowest BCUT2D eigenvalue weighted by molar-refractivity contribution is -0.150. The summed E-state index contributed by atoms with van der Waals surface area (Å²) in [6, 6.07) is 1.38. The molecule has 1 aromatic carbocycles. The third-order valence-corrected chi connectivity index (χ3v) is 16.9. The number of hydrogen-bond donors (Lipinski definition) is 8. The van der Waals surface area contributed by atoms with E-state index in [1.165, 1.54) is 31.4 Å². The maximum Gasteiger partial charge on any atom is 0.312 e. The monoisotopic (exact) mass is 1220 g/mol. The highest BCUT2D eigenvalue weighted by Crippen LogP contribution is 2.32. The number of urea groups is 1. The number of esters is 1. The van der Waals surface area contributed by atoms with Gasteiger partial charge in [-0.15, -0.1) is 11.3 Å². The number of amides is 10. The highest BCUT2D eigenvalue weighted by Gasteiger charge is 2.39. The van der Waals surface area contributed by atoms with Crippen LogP contribution in [-0.4, -0.2) is 159 Å². The van der Waals surface area contributed by atoms with Gasteiger partial charge < -0.3 is 52.4 Å². The van der Waals surface area contributed by atoms with Gasteiger partial charge in [-0.2, -0.15) is 0 Å². The number of nitrogens with zero attached hydrogens (tertiary/aromatic N) is 4. The second-order valence-corrected chi connectivity index (χ2v) is 24.5. The van der Waals surface area contributed by atoms with Crippen LogP contribution in [0.1, 0.15) is 167 Å². The Morgan fingerprint density at radius 3 is 2.12 bits per heavy atom. The van der Waals surface area contributed by atoms with Crippen molar-refractivity contribution in [2.45, 2.75) is 189 Å². The van der Waals surface area contributed by atoms with E-state index in [9.17, 15) is 57.8 Å². The van der Waals surface area contributed by atoms with Crippen LogP contribution in [0.25, 0.3) is 0 Å². The van der Waals surface area contributed by atoms with E-state index in [1.54, 1.807) is 43.0 Å². The van der Waals surface area contributed by atoms with Crippen LogP contribution in [0.4, 0.5) is 10.5 Å². The average molecular weight is 1220 g/mol. The average Bonchev–Trinajstić information content (AvgIpc) is 3.82. The predicted molar refractivity (Wildman–Crippen MR) is 325 cm³/mol. The lowest BCUT2D eigenvalue weighted by atomic mass is 9.90. The molecule has 2 aliphatic heterocycles. The number of carboxylic acid groups (broad SMARTS) is 1. The Morgan fingerprint density at radius 1 is 0.849 bits per heavy atom. The number of imide groups is 1. The maximum absolute atomic E-state index is 14.7. The Hall–Kier alpha value is -7.28. The second kappa shape index (κ2) is 34.8. The van der Waals surface area contributed by atoms with Gasteiger partial charge in [0.05, 0.1) is 12.0 Å². The number of piperidine rings is 1. The summed E-state index contributed by atoms with van der Waals surface area (Å²) in [4.78, 5) is 153. The molecule has 2 unspecified atom stereocenters. The Morgan fingerprint density at radius 2 is 1.52 bits per heavy atom. The summed E-state index contributed by atoms with van der Waals surface area (Å²) in [7, 11) is 1.93. The molecule has 4 rings (SSSR count). The number of carboxylic acids is 1. The van der Waals surface area contributed by atoms with Crippen molar-refractivity contribution >= 4 is 82.3 Å². The quantitative estimate of drug-likeness (QED) is 0.0249. The molecular weight excluding hydrogens is 1130 g/mol. The van der Waals surface area contributed by atoms with Crippen LogP contribution in [0.15, 0.2) is 41.8 Å². The van der Waals surface area contributed by atoms with E-state index in [0.29, 0.717) is 60.8 Å². The van der Waals surface area contributed by atoms with E-state index >= 15 is 0 Å². The lowest BCUT2D eigenvalue weighted by Gasteiger charge is -2.40. The molecule has 0 radical (unpaired) electrons. The van der Waals surface area contributed by atoms with Crippen molar-refractivity contribution in [3.63, 3.8) is 0 Å². The van der Waals surface area contributed by atoms with Crippen LogP contribution in [0.3, 0.4) is 0 Å². The molecule has 1 fully saturated rings. The number of carbonyl (C=O) groups excluding carboxylic acids is 10. The first-order chi connectivity index (χ1) is 40.6. The maximum atomic E-state index is 14.7. The number of aromatic nitrogens is 1. The fourth-order valence-electron chi connectivity index (χ4n) is 10.6. The SMILES string of the molecule is CC[C@H](C)[C@H](NC(=O)[C@H]1C[C@H](C)CCN1C)C(=O)N(CC)[C@H](C[C@@H](OC(C)=O)c1nc(C(=O)N[C@@H](Cc2ccc(NC(=O)C(CCCNC(N)=O)NC(=O)C(NC(=O)CCCCCN3C(=O)C=CC3=O)C(C)C)cc2)C[C@H](C)C(=O)O)cs1)C(C)C. The van der Waals surface area contributed by atoms with E-state index in [4.69, 9.17) is 10.5 Å². The molecule has 0 saturated carbocycles. The zero-order chi connectivity index (χ0) is 63.9. The molecule has 2 aliphatic rings. The summed E-state index contributed by atoms with van der Waals surface area (Å²) >= 11 is 1.11. The van der Waals surface area contributed by atoms with E-state index in [-0.39, 0.29) is 105 Å². The van der Waals surface area contributed by atoms with E-state index in [0.717, 1.165) is 29.2 Å². The van der Waals surface area contributed by atoms with Gasteiger partial charge in [-0.05, 0) is 113 Å². The van der Waals surface area contributed by atoms with Gasteiger partial charge in [0.1, 0.15) is 28.8 Å². The van der Waals surface area contributed by atoms with Crippen molar-refractivity contribution in [1.29, 1.82) is 0 Å². The molecule has 1 saturated heterocycles. The van der Waals surface area contributed by atoms with Crippen LogP contribution >= 0.6 is 11.3 Å². The number of rotatable bonds is 35. The number of likely N-dealkylation sites (tertiary alicyclic amines) is 1. The number of thiazole rings is 1. The number of nitrogens with two attached hydrogens (primary N) is 1. The zero-order valence-corrected chi connectivity index (χ0v) is 52.7. The number of anilines is 1. The van der Waals surface area contributed by atoms with E-state index < -0.39 is 83.8 Å².